The third-order valence-electron chi connectivity index (χ3n) is 3.33. The summed E-state index contributed by atoms with van der Waals surface area (Å²) in [5, 5.41) is 3.39. The van der Waals surface area contributed by atoms with E-state index in [-0.39, 0.29) is 11.7 Å². The summed E-state index contributed by atoms with van der Waals surface area (Å²) in [5.41, 5.74) is -0.386. The van der Waals surface area contributed by atoms with Gasteiger partial charge in [-0.15, -0.1) is 0 Å². The number of carbonyl (C=O) groups is 1. The van der Waals surface area contributed by atoms with E-state index >= 15 is 0 Å². The van der Waals surface area contributed by atoms with Gasteiger partial charge in [0.05, 0.1) is 0 Å². The van der Waals surface area contributed by atoms with E-state index in [0.29, 0.717) is 11.8 Å². The van der Waals surface area contributed by atoms with E-state index in [0.717, 1.165) is 26.2 Å². The van der Waals surface area contributed by atoms with Crippen LogP contribution in [0.25, 0.3) is 0 Å². The summed E-state index contributed by atoms with van der Waals surface area (Å²) in [5.74, 6) is 1.30. The molecule has 16 heavy (non-hydrogen) atoms. The van der Waals surface area contributed by atoms with Crippen LogP contribution in [0.3, 0.4) is 0 Å². The summed E-state index contributed by atoms with van der Waals surface area (Å²) >= 11 is 0. The van der Waals surface area contributed by atoms with Gasteiger partial charge in [-0.3, -0.25) is 0 Å². The highest BCUT2D eigenvalue weighted by Gasteiger charge is 2.37. The molecule has 2 fully saturated rings. The molecule has 1 amide bonds. The fourth-order valence-corrected chi connectivity index (χ4v) is 2.55. The van der Waals surface area contributed by atoms with Crippen molar-refractivity contribution in [3.05, 3.63) is 0 Å². The smallest absolute Gasteiger partial charge is 0.410 e. The molecular weight excluding hydrogens is 204 g/mol. The van der Waals surface area contributed by atoms with E-state index in [4.69, 9.17) is 4.74 Å². The van der Waals surface area contributed by atoms with Crippen molar-refractivity contribution in [3.63, 3.8) is 0 Å². The molecule has 2 heterocycles. The van der Waals surface area contributed by atoms with Crippen molar-refractivity contribution in [3.8, 4) is 0 Å². The van der Waals surface area contributed by atoms with Crippen molar-refractivity contribution in [1.82, 2.24) is 10.2 Å². The predicted octanol–water partition coefficient (Wildman–Crippen LogP) is 1.46. The van der Waals surface area contributed by atoms with Gasteiger partial charge in [-0.05, 0) is 52.1 Å². The number of fused-ring (bicyclic) bond motifs is 1. The number of likely N-dealkylation sites (tertiary alicyclic amines) is 1. The van der Waals surface area contributed by atoms with E-state index < -0.39 is 0 Å². The third-order valence-corrected chi connectivity index (χ3v) is 3.33. The zero-order valence-corrected chi connectivity index (χ0v) is 10.5. The average Bonchev–Trinajstić information content (AvgIpc) is 2.58. The number of rotatable bonds is 0. The molecule has 2 saturated heterocycles. The molecule has 0 spiro atoms. The second-order valence-electron chi connectivity index (χ2n) is 5.90. The topological polar surface area (TPSA) is 41.6 Å². The molecule has 0 bridgehead atoms. The lowest BCUT2D eigenvalue weighted by Crippen LogP contribution is -2.36. The fraction of sp³-hybridized carbons (Fsp3) is 0.917. The molecule has 0 aromatic rings. The first-order chi connectivity index (χ1) is 7.46. The molecule has 0 saturated carbocycles. The van der Waals surface area contributed by atoms with Crippen molar-refractivity contribution in [2.45, 2.75) is 32.8 Å². The van der Waals surface area contributed by atoms with E-state index in [1.54, 1.807) is 0 Å². The molecule has 0 aromatic carbocycles. The minimum absolute atomic E-state index is 0.151. The van der Waals surface area contributed by atoms with Gasteiger partial charge in [0.25, 0.3) is 0 Å². The van der Waals surface area contributed by atoms with Crippen LogP contribution >= 0.6 is 0 Å². The van der Waals surface area contributed by atoms with Crippen molar-refractivity contribution in [2.75, 3.05) is 26.2 Å². The molecular formula is C12H22N2O2. The molecule has 1 N–H and O–H groups in total. The summed E-state index contributed by atoms with van der Waals surface area (Å²) in [6, 6.07) is 0. The van der Waals surface area contributed by atoms with E-state index in [9.17, 15) is 4.79 Å². The number of nitrogens with zero attached hydrogens (tertiary/aromatic N) is 1. The number of ether oxygens (including phenoxy) is 1. The molecule has 4 heteroatoms. The van der Waals surface area contributed by atoms with Gasteiger partial charge in [0, 0.05) is 13.1 Å². The Balaban J connectivity index is 1.90. The van der Waals surface area contributed by atoms with Crippen LogP contribution in [0, 0.1) is 11.8 Å². The van der Waals surface area contributed by atoms with Crippen LogP contribution in [0.1, 0.15) is 27.2 Å². The molecule has 0 unspecified atom stereocenters. The highest BCUT2D eigenvalue weighted by atomic mass is 16.6. The Morgan fingerprint density at radius 1 is 1.31 bits per heavy atom. The first kappa shape index (κ1) is 11.7. The zero-order chi connectivity index (χ0) is 11.8. The van der Waals surface area contributed by atoms with Crippen molar-refractivity contribution >= 4 is 6.09 Å². The lowest BCUT2D eigenvalue weighted by Gasteiger charge is -2.24. The summed E-state index contributed by atoms with van der Waals surface area (Å²) in [4.78, 5) is 13.8. The number of amides is 1. The number of carbonyl (C=O) groups excluding carboxylic acids is 1. The fourth-order valence-electron chi connectivity index (χ4n) is 2.55. The second-order valence-corrected chi connectivity index (χ2v) is 5.90. The summed E-state index contributed by atoms with van der Waals surface area (Å²) < 4.78 is 5.39. The van der Waals surface area contributed by atoms with Crippen molar-refractivity contribution in [2.24, 2.45) is 11.8 Å². The second kappa shape index (κ2) is 4.24. The Morgan fingerprint density at radius 3 is 2.62 bits per heavy atom. The van der Waals surface area contributed by atoms with E-state index in [1.165, 1.54) is 6.42 Å². The first-order valence-corrected chi connectivity index (χ1v) is 6.14. The van der Waals surface area contributed by atoms with Crippen LogP contribution in [0.4, 0.5) is 4.79 Å². The molecule has 4 nitrogen and oxygen atoms in total. The number of nitrogens with one attached hydrogen (secondary N) is 1. The van der Waals surface area contributed by atoms with Crippen LogP contribution in [0.5, 0.6) is 0 Å². The lowest BCUT2D eigenvalue weighted by molar-refractivity contribution is 0.0285. The third kappa shape index (κ3) is 2.67. The molecule has 0 aliphatic carbocycles. The van der Waals surface area contributed by atoms with Gasteiger partial charge in [0.2, 0.25) is 0 Å². The van der Waals surface area contributed by atoms with Gasteiger partial charge in [-0.2, -0.15) is 0 Å². The zero-order valence-electron chi connectivity index (χ0n) is 10.5. The van der Waals surface area contributed by atoms with Crippen LogP contribution < -0.4 is 5.32 Å². The van der Waals surface area contributed by atoms with Crippen molar-refractivity contribution < 1.29 is 9.53 Å². The number of hydrogen-bond acceptors (Lipinski definition) is 3. The van der Waals surface area contributed by atoms with Gasteiger partial charge >= 0.3 is 6.09 Å². The van der Waals surface area contributed by atoms with Gasteiger partial charge in [-0.25, -0.2) is 4.79 Å². The monoisotopic (exact) mass is 226 g/mol. The molecule has 0 radical (unpaired) electrons. The van der Waals surface area contributed by atoms with Gasteiger partial charge in [0.1, 0.15) is 5.60 Å². The standard InChI is InChI=1S/C12H22N2O2/c1-12(2,3)16-11(15)14-7-9-4-5-13-6-10(9)8-14/h9-10,13H,4-8H2,1-3H3/t9-,10+/m0/s1. The maximum Gasteiger partial charge on any atom is 0.410 e. The normalized spacial score (nSPS) is 30.1. The van der Waals surface area contributed by atoms with Gasteiger partial charge in [0.15, 0.2) is 0 Å². The Hall–Kier alpha value is -0.770. The summed E-state index contributed by atoms with van der Waals surface area (Å²) in [7, 11) is 0. The van der Waals surface area contributed by atoms with E-state index in [2.05, 4.69) is 5.32 Å². The minimum atomic E-state index is -0.386. The Bertz CT molecular complexity index is 259. The quantitative estimate of drug-likeness (QED) is 0.680. The maximum atomic E-state index is 11.9. The van der Waals surface area contributed by atoms with Gasteiger partial charge in [-0.1, -0.05) is 0 Å². The largest absolute Gasteiger partial charge is 0.444 e. The summed E-state index contributed by atoms with van der Waals surface area (Å²) in [6.45, 7) is 9.60. The predicted molar refractivity (Wildman–Crippen MR) is 62.3 cm³/mol. The maximum absolute atomic E-state index is 11.9. The van der Waals surface area contributed by atoms with Crippen LogP contribution in [0.15, 0.2) is 0 Å². The molecule has 92 valence electrons. The first-order valence-electron chi connectivity index (χ1n) is 6.14. The summed E-state index contributed by atoms with van der Waals surface area (Å²) in [6.07, 6.45) is 1.03. The van der Waals surface area contributed by atoms with Crippen LogP contribution in [0.2, 0.25) is 0 Å². The Labute approximate surface area is 97.3 Å². The van der Waals surface area contributed by atoms with Crippen LogP contribution in [-0.2, 0) is 4.74 Å². The van der Waals surface area contributed by atoms with Crippen molar-refractivity contribution in [1.29, 1.82) is 0 Å². The Kier molecular flexibility index (Phi) is 3.10. The molecule has 2 rings (SSSR count). The van der Waals surface area contributed by atoms with Crippen LogP contribution in [-0.4, -0.2) is 42.8 Å². The molecule has 2 aliphatic heterocycles. The Morgan fingerprint density at radius 2 is 2.00 bits per heavy atom. The highest BCUT2D eigenvalue weighted by molar-refractivity contribution is 5.68. The molecule has 2 aliphatic rings. The number of piperidine rings is 1. The lowest BCUT2D eigenvalue weighted by atomic mass is 9.90. The van der Waals surface area contributed by atoms with Gasteiger partial charge < -0.3 is 15.0 Å². The number of hydrogen-bond donors (Lipinski definition) is 1. The average molecular weight is 226 g/mol. The molecule has 0 aromatic heterocycles. The molecule has 2 atom stereocenters. The highest BCUT2D eigenvalue weighted by Crippen LogP contribution is 2.28. The minimum Gasteiger partial charge on any atom is -0.444 e. The van der Waals surface area contributed by atoms with E-state index in [1.807, 2.05) is 25.7 Å². The SMILES string of the molecule is CC(C)(C)OC(=O)N1C[C@H]2CNCC[C@H]2C1.